The Morgan fingerprint density at radius 2 is 1.75 bits per heavy atom. The van der Waals surface area contributed by atoms with Gasteiger partial charge in [-0.1, -0.05) is 31.9 Å². The lowest BCUT2D eigenvalue weighted by molar-refractivity contribution is -0.148. The summed E-state index contributed by atoms with van der Waals surface area (Å²) in [4.78, 5) is 34.7. The average molecular weight is 413 g/mol. The molecule has 0 aromatic rings. The maximum absolute atomic E-state index is 11.7. The number of alkyl halides is 2. The zero-order valence-electron chi connectivity index (χ0n) is 11.3. The van der Waals surface area contributed by atoms with Crippen LogP contribution in [0, 0.1) is 0 Å². The van der Waals surface area contributed by atoms with Crippen LogP contribution in [0.5, 0.6) is 0 Å². The fourth-order valence-electron chi connectivity index (χ4n) is 1.24. The van der Waals surface area contributed by atoms with Crippen molar-refractivity contribution < 1.29 is 23.9 Å². The van der Waals surface area contributed by atoms with Gasteiger partial charge in [0.25, 0.3) is 0 Å². The topological polar surface area (TPSA) is 81.7 Å². The predicted octanol–water partition coefficient (Wildman–Crippen LogP) is 0.990. The summed E-state index contributed by atoms with van der Waals surface area (Å²) < 4.78 is 8.10. The molecule has 1 unspecified atom stereocenters. The van der Waals surface area contributed by atoms with Crippen molar-refractivity contribution in [2.24, 2.45) is 0 Å². The van der Waals surface area contributed by atoms with Crippen molar-refractivity contribution in [1.29, 1.82) is 0 Å². The van der Waals surface area contributed by atoms with E-state index < -0.39 is 27.0 Å². The third-order valence-electron chi connectivity index (χ3n) is 2.12. The molecule has 2 radical (unpaired) electrons. The minimum absolute atomic E-state index is 0.0141. The number of carbonyl (C=O) groups is 3. The first-order valence-corrected chi connectivity index (χ1v) is 7.60. The SMILES string of the molecule is [B]C(Br)(Br)C(=O)NC(CCC(=O)OCC)C(=O)OCC. The number of hydrogen-bond acceptors (Lipinski definition) is 5. The number of nitrogens with one attached hydrogen (secondary N) is 1. The molecule has 0 aliphatic rings. The first-order valence-electron chi connectivity index (χ1n) is 6.02. The molecule has 1 amide bonds. The highest BCUT2D eigenvalue weighted by Crippen LogP contribution is 2.22. The standard InChI is InChI=1S/C11H16BBr2NO5/c1-3-19-8(16)6-5-7(9(17)20-4-2)15-10(18)11(12,13)14/h7H,3-6H2,1-2H3,(H,15,18). The Bertz CT molecular complexity index is 359. The van der Waals surface area contributed by atoms with E-state index in [0.29, 0.717) is 0 Å². The maximum atomic E-state index is 11.7. The van der Waals surface area contributed by atoms with Gasteiger partial charge in [0.2, 0.25) is 5.91 Å². The van der Waals surface area contributed by atoms with E-state index in [2.05, 4.69) is 37.2 Å². The molecule has 1 N–H and O–H groups in total. The van der Waals surface area contributed by atoms with Crippen LogP contribution in [-0.2, 0) is 23.9 Å². The highest BCUT2D eigenvalue weighted by atomic mass is 79.9. The van der Waals surface area contributed by atoms with Gasteiger partial charge >= 0.3 is 11.9 Å². The summed E-state index contributed by atoms with van der Waals surface area (Å²) in [6, 6.07) is -0.968. The zero-order chi connectivity index (χ0) is 15.8. The van der Waals surface area contributed by atoms with Gasteiger partial charge in [0.1, 0.15) is 17.0 Å². The molecule has 1 atom stereocenters. The predicted molar refractivity (Wildman–Crippen MR) is 80.8 cm³/mol. The summed E-state index contributed by atoms with van der Waals surface area (Å²) in [5.41, 5.74) is 0. The number of ether oxygens (including phenoxy) is 2. The summed E-state index contributed by atoms with van der Waals surface area (Å²) in [5.74, 6) is -1.73. The summed E-state index contributed by atoms with van der Waals surface area (Å²) in [6.45, 7) is 3.75. The molecular formula is C11H16BBr2NO5. The molecule has 0 heterocycles. The van der Waals surface area contributed by atoms with Crippen LogP contribution in [0.1, 0.15) is 26.7 Å². The van der Waals surface area contributed by atoms with Crippen LogP contribution in [-0.4, -0.2) is 48.1 Å². The van der Waals surface area contributed by atoms with Gasteiger partial charge in [-0.25, -0.2) is 4.79 Å². The van der Waals surface area contributed by atoms with E-state index in [-0.39, 0.29) is 26.1 Å². The van der Waals surface area contributed by atoms with Gasteiger partial charge in [0.05, 0.1) is 13.2 Å². The van der Waals surface area contributed by atoms with Gasteiger partial charge in [-0.3, -0.25) is 9.59 Å². The lowest BCUT2D eigenvalue weighted by atomic mass is 10.0. The first-order chi connectivity index (χ1) is 9.22. The van der Waals surface area contributed by atoms with Crippen LogP contribution in [0.4, 0.5) is 0 Å². The Balaban J connectivity index is 4.61. The Hall–Kier alpha value is -0.565. The van der Waals surface area contributed by atoms with Gasteiger partial charge in [0, 0.05) is 6.42 Å². The monoisotopic (exact) mass is 411 g/mol. The quantitative estimate of drug-likeness (QED) is 0.365. The van der Waals surface area contributed by atoms with Crippen molar-refractivity contribution in [3.63, 3.8) is 0 Å². The highest BCUT2D eigenvalue weighted by Gasteiger charge is 2.31. The maximum Gasteiger partial charge on any atom is 0.328 e. The van der Waals surface area contributed by atoms with Gasteiger partial charge < -0.3 is 14.8 Å². The molecule has 0 aromatic heterocycles. The summed E-state index contributed by atoms with van der Waals surface area (Å²) >= 11 is 5.81. The van der Waals surface area contributed by atoms with E-state index in [0.717, 1.165) is 0 Å². The highest BCUT2D eigenvalue weighted by molar-refractivity contribution is 9.26. The van der Waals surface area contributed by atoms with Crippen molar-refractivity contribution >= 4 is 57.6 Å². The summed E-state index contributed by atoms with van der Waals surface area (Å²) in [7, 11) is 5.48. The molecule has 0 saturated heterocycles. The van der Waals surface area contributed by atoms with E-state index in [1.165, 1.54) is 0 Å². The van der Waals surface area contributed by atoms with Crippen molar-refractivity contribution in [2.45, 2.75) is 35.9 Å². The fraction of sp³-hybridized carbons (Fsp3) is 0.727. The van der Waals surface area contributed by atoms with E-state index in [4.69, 9.17) is 17.3 Å². The molecule has 0 bridgehead atoms. The first kappa shape index (κ1) is 19.4. The largest absolute Gasteiger partial charge is 0.466 e. The van der Waals surface area contributed by atoms with Crippen LogP contribution in [0.25, 0.3) is 0 Å². The Kier molecular flexibility index (Phi) is 9.12. The Morgan fingerprint density at radius 1 is 1.20 bits per heavy atom. The van der Waals surface area contributed by atoms with Crippen molar-refractivity contribution in [3.05, 3.63) is 0 Å². The molecule has 9 heteroatoms. The van der Waals surface area contributed by atoms with Crippen LogP contribution < -0.4 is 5.32 Å². The summed E-state index contributed by atoms with van der Waals surface area (Å²) in [6.07, 6.45) is 0.0548. The van der Waals surface area contributed by atoms with E-state index in [1.807, 2.05) is 0 Å². The van der Waals surface area contributed by atoms with Crippen molar-refractivity contribution in [3.8, 4) is 0 Å². The second kappa shape index (κ2) is 9.39. The van der Waals surface area contributed by atoms with Crippen LogP contribution in [0.3, 0.4) is 0 Å². The van der Waals surface area contributed by atoms with Crippen LogP contribution in [0.15, 0.2) is 0 Å². The van der Waals surface area contributed by atoms with Gasteiger partial charge in [-0.05, 0) is 20.3 Å². The molecule has 20 heavy (non-hydrogen) atoms. The van der Waals surface area contributed by atoms with E-state index in [1.54, 1.807) is 13.8 Å². The molecule has 0 aliphatic carbocycles. The molecular weight excluding hydrogens is 397 g/mol. The Morgan fingerprint density at radius 3 is 2.20 bits per heavy atom. The third-order valence-corrected chi connectivity index (χ3v) is 2.84. The molecule has 112 valence electrons. The van der Waals surface area contributed by atoms with Gasteiger partial charge in [-0.2, -0.15) is 0 Å². The summed E-state index contributed by atoms with van der Waals surface area (Å²) in [5, 5.41) is 2.40. The van der Waals surface area contributed by atoms with Crippen molar-refractivity contribution in [2.75, 3.05) is 13.2 Å². The number of halogens is 2. The minimum atomic E-state index is -1.49. The second-order valence-corrected chi connectivity index (χ2v) is 7.31. The van der Waals surface area contributed by atoms with Gasteiger partial charge in [-0.15, -0.1) is 0 Å². The molecule has 0 aromatic carbocycles. The fourth-order valence-corrected chi connectivity index (χ4v) is 1.47. The number of esters is 2. The second-order valence-electron chi connectivity index (χ2n) is 3.74. The zero-order valence-corrected chi connectivity index (χ0v) is 14.5. The molecule has 0 rings (SSSR count). The van der Waals surface area contributed by atoms with Crippen LogP contribution >= 0.6 is 31.9 Å². The van der Waals surface area contributed by atoms with Crippen LogP contribution in [0.2, 0.25) is 0 Å². The smallest absolute Gasteiger partial charge is 0.328 e. The third kappa shape index (κ3) is 7.89. The molecule has 6 nitrogen and oxygen atoms in total. The molecule has 0 aliphatic heterocycles. The lowest BCUT2D eigenvalue weighted by Gasteiger charge is -2.21. The van der Waals surface area contributed by atoms with Crippen molar-refractivity contribution in [1.82, 2.24) is 5.32 Å². The Labute approximate surface area is 136 Å². The number of rotatable bonds is 8. The normalized spacial score (nSPS) is 12.4. The minimum Gasteiger partial charge on any atom is -0.466 e. The van der Waals surface area contributed by atoms with E-state index >= 15 is 0 Å². The number of amides is 1. The van der Waals surface area contributed by atoms with Gasteiger partial charge in [0.15, 0.2) is 0 Å². The van der Waals surface area contributed by atoms with E-state index in [9.17, 15) is 14.4 Å². The number of hydrogen-bond donors (Lipinski definition) is 1. The molecule has 0 fully saturated rings. The number of carbonyl (C=O) groups excluding carboxylic acids is 3. The average Bonchev–Trinajstić information content (AvgIpc) is 2.33. The molecule has 0 spiro atoms. The lowest BCUT2D eigenvalue weighted by Crippen LogP contribution is -2.48. The molecule has 0 saturated carbocycles.